The van der Waals surface area contributed by atoms with E-state index in [2.05, 4.69) is 0 Å². The molecule has 174 valence electrons. The van der Waals surface area contributed by atoms with E-state index in [1.165, 1.54) is 30.2 Å². The van der Waals surface area contributed by atoms with Gasteiger partial charge in [-0.15, -0.1) is 0 Å². The number of methoxy groups -OCH3 is 1. The van der Waals surface area contributed by atoms with Crippen molar-refractivity contribution in [2.75, 3.05) is 7.11 Å². The summed E-state index contributed by atoms with van der Waals surface area (Å²) in [7, 11) is 1.43. The lowest BCUT2D eigenvalue weighted by atomic mass is 10.1. The van der Waals surface area contributed by atoms with Crippen LogP contribution >= 0.6 is 11.8 Å². The molecule has 0 atom stereocenters. The summed E-state index contributed by atoms with van der Waals surface area (Å²) in [6, 6.07) is 21.3. The first-order valence-corrected chi connectivity index (χ1v) is 11.4. The smallest absolute Gasteiger partial charge is 0.293 e. The fraction of sp³-hybridized carbons (Fsp3) is 0.0769. The summed E-state index contributed by atoms with van der Waals surface area (Å²) in [6.45, 7) is 0.161. The molecule has 0 saturated carbocycles. The van der Waals surface area contributed by atoms with Gasteiger partial charge in [0.15, 0.2) is 0 Å². The number of nitro benzene ring substituents is 1. The number of carbonyl (C=O) groups excluding carboxylic acids is 2. The molecule has 0 radical (unpaired) electrons. The third kappa shape index (κ3) is 4.41. The Bertz CT molecular complexity index is 1520. The predicted molar refractivity (Wildman–Crippen MR) is 133 cm³/mol. The predicted octanol–water partition coefficient (Wildman–Crippen LogP) is 6.25. The number of amides is 2. The highest BCUT2D eigenvalue weighted by Crippen LogP contribution is 2.37. The van der Waals surface area contributed by atoms with Crippen molar-refractivity contribution in [3.8, 4) is 17.1 Å². The zero-order valence-corrected chi connectivity index (χ0v) is 19.3. The largest absolute Gasteiger partial charge is 0.497 e. The number of rotatable bonds is 6. The third-order valence-corrected chi connectivity index (χ3v) is 6.50. The third-order valence-electron chi connectivity index (χ3n) is 5.60. The summed E-state index contributed by atoms with van der Waals surface area (Å²) in [6.07, 6.45) is 1.48. The minimum atomic E-state index is -0.516. The number of imide groups is 1. The highest BCUT2D eigenvalue weighted by Gasteiger charge is 2.35. The fourth-order valence-corrected chi connectivity index (χ4v) is 4.68. The first kappa shape index (κ1) is 22.4. The monoisotopic (exact) mass is 486 g/mol. The minimum absolute atomic E-state index is 0.161. The first-order chi connectivity index (χ1) is 16.9. The Hall–Kier alpha value is -4.37. The van der Waals surface area contributed by atoms with Crippen molar-refractivity contribution < 1.29 is 23.7 Å². The summed E-state index contributed by atoms with van der Waals surface area (Å²) in [5.74, 6) is 0.510. The zero-order valence-electron chi connectivity index (χ0n) is 18.5. The van der Waals surface area contributed by atoms with Gasteiger partial charge in [-0.25, -0.2) is 0 Å². The summed E-state index contributed by atoms with van der Waals surface area (Å²) in [5.41, 5.74) is 0.958. The lowest BCUT2D eigenvalue weighted by molar-refractivity contribution is -0.384. The lowest BCUT2D eigenvalue weighted by Crippen LogP contribution is -2.27. The molecule has 1 aliphatic heterocycles. The average molecular weight is 487 g/mol. The SMILES string of the molecule is COc1ccc(-c2ccc(/C=C3\SC(=O)N(Cc4ccc5ccccc5c4)C3=O)o2)c([N+](=O)[O-])c1. The van der Waals surface area contributed by atoms with E-state index < -0.39 is 10.8 Å². The second-order valence-electron chi connectivity index (χ2n) is 7.79. The maximum absolute atomic E-state index is 13.0. The number of nitrogens with zero attached hydrogens (tertiary/aromatic N) is 2. The normalized spacial score (nSPS) is 14.8. The van der Waals surface area contributed by atoms with Gasteiger partial charge in [0.1, 0.15) is 17.3 Å². The number of furan rings is 1. The summed E-state index contributed by atoms with van der Waals surface area (Å²) < 4.78 is 10.8. The topological polar surface area (TPSA) is 103 Å². The number of nitro groups is 1. The van der Waals surface area contributed by atoms with Gasteiger partial charge in [-0.3, -0.25) is 24.6 Å². The number of hydrogen-bond donors (Lipinski definition) is 0. The standard InChI is InChI=1S/C26H18N2O6S/c1-33-19-8-10-21(22(13-19)28(31)32)23-11-9-20(34-23)14-24-25(29)27(26(30)35-24)15-16-6-7-17-4-2-3-5-18(17)12-16/h2-14H,15H2,1H3/b24-14-. The molecular weight excluding hydrogens is 468 g/mol. The Morgan fingerprint density at radius 1 is 1.03 bits per heavy atom. The zero-order chi connectivity index (χ0) is 24.5. The maximum atomic E-state index is 13.0. The first-order valence-electron chi connectivity index (χ1n) is 10.6. The molecule has 1 aliphatic rings. The Morgan fingerprint density at radius 3 is 2.60 bits per heavy atom. The van der Waals surface area contributed by atoms with Gasteiger partial charge < -0.3 is 9.15 Å². The van der Waals surface area contributed by atoms with Gasteiger partial charge in [0.25, 0.3) is 16.8 Å². The number of fused-ring (bicyclic) bond motifs is 1. The van der Waals surface area contributed by atoms with Gasteiger partial charge in [-0.05, 0) is 58.4 Å². The van der Waals surface area contributed by atoms with Crippen LogP contribution in [0.3, 0.4) is 0 Å². The molecule has 0 bridgehead atoms. The van der Waals surface area contributed by atoms with Gasteiger partial charge in [-0.2, -0.15) is 0 Å². The van der Waals surface area contributed by atoms with Crippen LogP contribution in [0.25, 0.3) is 28.2 Å². The lowest BCUT2D eigenvalue weighted by Gasteiger charge is -2.13. The van der Waals surface area contributed by atoms with E-state index in [1.54, 1.807) is 18.2 Å². The van der Waals surface area contributed by atoms with Crippen LogP contribution < -0.4 is 4.74 Å². The van der Waals surface area contributed by atoms with Crippen LogP contribution in [0.15, 0.2) is 82.1 Å². The van der Waals surface area contributed by atoms with E-state index >= 15 is 0 Å². The molecule has 1 fully saturated rings. The molecule has 0 spiro atoms. The molecule has 1 saturated heterocycles. The molecule has 35 heavy (non-hydrogen) atoms. The van der Waals surface area contributed by atoms with E-state index in [-0.39, 0.29) is 33.7 Å². The van der Waals surface area contributed by atoms with Crippen LogP contribution in [-0.2, 0) is 11.3 Å². The van der Waals surface area contributed by atoms with Crippen molar-refractivity contribution in [3.63, 3.8) is 0 Å². The molecule has 4 aromatic rings. The number of thioether (sulfide) groups is 1. The van der Waals surface area contributed by atoms with Crippen molar-refractivity contribution >= 4 is 45.4 Å². The van der Waals surface area contributed by atoms with Crippen molar-refractivity contribution in [1.29, 1.82) is 0 Å². The fourth-order valence-electron chi connectivity index (χ4n) is 3.86. The van der Waals surface area contributed by atoms with Gasteiger partial charge in [0.05, 0.1) is 35.1 Å². The average Bonchev–Trinajstić information content (AvgIpc) is 3.43. The molecule has 3 aromatic carbocycles. The minimum Gasteiger partial charge on any atom is -0.497 e. The second kappa shape index (κ2) is 9.11. The molecule has 0 aliphatic carbocycles. The summed E-state index contributed by atoms with van der Waals surface area (Å²) in [4.78, 5) is 37.9. The summed E-state index contributed by atoms with van der Waals surface area (Å²) in [5, 5.41) is 13.2. The number of benzene rings is 3. The highest BCUT2D eigenvalue weighted by atomic mass is 32.2. The van der Waals surface area contributed by atoms with Crippen molar-refractivity contribution in [2.45, 2.75) is 6.54 Å². The van der Waals surface area contributed by atoms with E-state index in [9.17, 15) is 19.7 Å². The van der Waals surface area contributed by atoms with E-state index in [4.69, 9.17) is 9.15 Å². The number of carbonyl (C=O) groups is 2. The Balaban J connectivity index is 1.38. The van der Waals surface area contributed by atoms with E-state index in [0.717, 1.165) is 28.1 Å². The van der Waals surface area contributed by atoms with Crippen LogP contribution in [0.2, 0.25) is 0 Å². The molecule has 1 aromatic heterocycles. The van der Waals surface area contributed by atoms with Gasteiger partial charge >= 0.3 is 0 Å². The van der Waals surface area contributed by atoms with Gasteiger partial charge in [0.2, 0.25) is 0 Å². The number of ether oxygens (including phenoxy) is 1. The van der Waals surface area contributed by atoms with E-state index in [1.807, 2.05) is 42.5 Å². The Kier molecular flexibility index (Phi) is 5.84. The highest BCUT2D eigenvalue weighted by molar-refractivity contribution is 8.18. The summed E-state index contributed by atoms with van der Waals surface area (Å²) >= 11 is 0.831. The van der Waals surface area contributed by atoms with Gasteiger partial charge in [0, 0.05) is 6.08 Å². The molecule has 2 heterocycles. The molecule has 9 heteroatoms. The Labute approximate surface area is 203 Å². The van der Waals surface area contributed by atoms with Crippen LogP contribution in [0.1, 0.15) is 11.3 Å². The van der Waals surface area contributed by atoms with E-state index in [0.29, 0.717) is 11.5 Å². The van der Waals surface area contributed by atoms with Crippen molar-refractivity contribution in [3.05, 3.63) is 99.1 Å². The molecule has 5 rings (SSSR count). The quantitative estimate of drug-likeness (QED) is 0.180. The van der Waals surface area contributed by atoms with Crippen LogP contribution in [0.4, 0.5) is 10.5 Å². The molecule has 0 N–H and O–H groups in total. The van der Waals surface area contributed by atoms with Crippen LogP contribution in [0.5, 0.6) is 5.75 Å². The maximum Gasteiger partial charge on any atom is 0.293 e. The Morgan fingerprint density at radius 2 is 1.83 bits per heavy atom. The van der Waals surface area contributed by atoms with Crippen molar-refractivity contribution in [1.82, 2.24) is 4.90 Å². The van der Waals surface area contributed by atoms with Crippen molar-refractivity contribution in [2.24, 2.45) is 0 Å². The molecule has 0 unspecified atom stereocenters. The number of hydrogen-bond acceptors (Lipinski definition) is 7. The molecule has 2 amide bonds. The van der Waals surface area contributed by atoms with Crippen LogP contribution in [-0.4, -0.2) is 28.1 Å². The molecular formula is C26H18N2O6S. The van der Waals surface area contributed by atoms with Gasteiger partial charge in [-0.1, -0.05) is 36.4 Å². The second-order valence-corrected chi connectivity index (χ2v) is 8.78. The van der Waals surface area contributed by atoms with Crippen LogP contribution in [0, 0.1) is 10.1 Å². The molecule has 8 nitrogen and oxygen atoms in total.